The summed E-state index contributed by atoms with van der Waals surface area (Å²) in [7, 11) is 0. The zero-order chi connectivity index (χ0) is 17.3. The van der Waals surface area contributed by atoms with Crippen molar-refractivity contribution in [3.63, 3.8) is 0 Å². The number of fused-ring (bicyclic) bond motifs is 2. The van der Waals surface area contributed by atoms with E-state index in [-0.39, 0.29) is 5.56 Å². The molecule has 0 spiro atoms. The van der Waals surface area contributed by atoms with Gasteiger partial charge in [0, 0.05) is 5.39 Å². The van der Waals surface area contributed by atoms with E-state index in [2.05, 4.69) is 31.2 Å². The van der Waals surface area contributed by atoms with Crippen molar-refractivity contribution in [2.75, 3.05) is 0 Å². The topological polar surface area (TPSA) is 71.4 Å². The molecular weight excluding hydrogens is 294 g/mol. The van der Waals surface area contributed by atoms with E-state index in [4.69, 9.17) is 0 Å². The Bertz CT molecular complexity index is 1100. The third-order valence-corrected chi connectivity index (χ3v) is 4.57. The normalized spacial score (nSPS) is 10.3. The molecule has 3 aromatic carbocycles. The van der Waals surface area contributed by atoms with Crippen LogP contribution in [0.1, 0.15) is 41.7 Å². The number of nitrogens with zero attached hydrogens (tertiary/aromatic N) is 3. The molecule has 0 radical (unpaired) electrons. The molecule has 0 heterocycles. The van der Waals surface area contributed by atoms with Crippen LogP contribution in [0.3, 0.4) is 0 Å². The first-order valence-corrected chi connectivity index (χ1v) is 7.95. The Morgan fingerprint density at radius 2 is 1.38 bits per heavy atom. The molecule has 0 unspecified atom stereocenters. The van der Waals surface area contributed by atoms with Crippen LogP contribution in [0.25, 0.3) is 21.5 Å². The first kappa shape index (κ1) is 15.5. The molecule has 0 fully saturated rings. The molecule has 3 rings (SSSR count). The molecule has 3 nitrogen and oxygen atoms in total. The standard InChI is InChI=1S/C21H15N3/c1-3-14-16-8-6-5-7-13(16)9-17-19(11-23)20(12-24)18(10-22)15(4-2)21(14)17/h5-9H,3-4H2,1-2H3. The predicted molar refractivity (Wildman–Crippen MR) is 94.4 cm³/mol. The van der Waals surface area contributed by atoms with Crippen molar-refractivity contribution in [1.29, 1.82) is 15.8 Å². The molecular formula is C21H15N3. The summed E-state index contributed by atoms with van der Waals surface area (Å²) < 4.78 is 0. The minimum atomic E-state index is 0.196. The van der Waals surface area contributed by atoms with Crippen molar-refractivity contribution >= 4 is 21.5 Å². The van der Waals surface area contributed by atoms with E-state index in [1.165, 1.54) is 0 Å². The highest BCUT2D eigenvalue weighted by Crippen LogP contribution is 2.37. The van der Waals surface area contributed by atoms with Gasteiger partial charge in [-0.15, -0.1) is 0 Å². The Morgan fingerprint density at radius 1 is 0.750 bits per heavy atom. The largest absolute Gasteiger partial charge is 0.192 e. The van der Waals surface area contributed by atoms with Gasteiger partial charge in [-0.3, -0.25) is 0 Å². The van der Waals surface area contributed by atoms with Gasteiger partial charge in [-0.25, -0.2) is 0 Å². The van der Waals surface area contributed by atoms with E-state index < -0.39 is 0 Å². The predicted octanol–water partition coefficient (Wildman–Crippen LogP) is 4.73. The van der Waals surface area contributed by atoms with Crippen molar-refractivity contribution in [2.45, 2.75) is 26.7 Å². The zero-order valence-corrected chi connectivity index (χ0v) is 13.6. The smallest absolute Gasteiger partial charge is 0.102 e. The highest BCUT2D eigenvalue weighted by atomic mass is 14.3. The van der Waals surface area contributed by atoms with E-state index in [1.807, 2.05) is 31.2 Å². The first-order chi connectivity index (χ1) is 11.7. The summed E-state index contributed by atoms with van der Waals surface area (Å²) >= 11 is 0. The molecule has 0 atom stereocenters. The Kier molecular flexibility index (Phi) is 3.91. The number of hydrogen-bond acceptors (Lipinski definition) is 3. The van der Waals surface area contributed by atoms with Crippen LogP contribution in [0.4, 0.5) is 0 Å². The molecule has 0 aliphatic rings. The minimum Gasteiger partial charge on any atom is -0.192 e. The van der Waals surface area contributed by atoms with Crippen LogP contribution >= 0.6 is 0 Å². The second-order valence-corrected chi connectivity index (χ2v) is 5.64. The second-order valence-electron chi connectivity index (χ2n) is 5.64. The van der Waals surface area contributed by atoms with Crippen LogP contribution in [-0.2, 0) is 12.8 Å². The fourth-order valence-corrected chi connectivity index (χ4v) is 3.57. The first-order valence-electron chi connectivity index (χ1n) is 7.95. The van der Waals surface area contributed by atoms with Gasteiger partial charge in [0.15, 0.2) is 0 Å². The molecule has 0 amide bonds. The monoisotopic (exact) mass is 309 g/mol. The highest BCUT2D eigenvalue weighted by Gasteiger charge is 2.21. The van der Waals surface area contributed by atoms with Crippen LogP contribution in [0.2, 0.25) is 0 Å². The van der Waals surface area contributed by atoms with Crippen molar-refractivity contribution < 1.29 is 0 Å². The van der Waals surface area contributed by atoms with Crippen LogP contribution in [0, 0.1) is 34.0 Å². The van der Waals surface area contributed by atoms with Crippen LogP contribution < -0.4 is 0 Å². The quantitative estimate of drug-likeness (QED) is 0.642. The van der Waals surface area contributed by atoms with Crippen LogP contribution in [0.15, 0.2) is 30.3 Å². The van der Waals surface area contributed by atoms with Gasteiger partial charge in [0.1, 0.15) is 18.2 Å². The molecule has 0 N–H and O–H groups in total. The lowest BCUT2D eigenvalue weighted by Gasteiger charge is -2.17. The van der Waals surface area contributed by atoms with Gasteiger partial charge in [0.25, 0.3) is 0 Å². The Hall–Kier alpha value is -3.35. The van der Waals surface area contributed by atoms with Crippen molar-refractivity contribution in [3.05, 3.63) is 58.1 Å². The number of rotatable bonds is 2. The van der Waals surface area contributed by atoms with Crippen LogP contribution in [-0.4, -0.2) is 0 Å². The SMILES string of the molecule is CCc1c(C#N)c(C#N)c(C#N)c2cc3ccccc3c(CC)c12. The molecule has 3 aromatic rings. The van der Waals surface area contributed by atoms with Gasteiger partial charge >= 0.3 is 0 Å². The summed E-state index contributed by atoms with van der Waals surface area (Å²) in [6.45, 7) is 4.06. The lowest BCUT2D eigenvalue weighted by atomic mass is 9.84. The summed E-state index contributed by atoms with van der Waals surface area (Å²) in [6.07, 6.45) is 1.44. The van der Waals surface area contributed by atoms with E-state index in [1.54, 1.807) is 0 Å². The molecule has 3 heteroatoms. The molecule has 0 aromatic heterocycles. The molecule has 0 saturated carbocycles. The average molecular weight is 309 g/mol. The molecule has 0 aliphatic carbocycles. The Labute approximate surface area is 141 Å². The molecule has 24 heavy (non-hydrogen) atoms. The molecule has 0 aliphatic heterocycles. The summed E-state index contributed by atoms with van der Waals surface area (Å²) in [6, 6.07) is 16.4. The third-order valence-electron chi connectivity index (χ3n) is 4.57. The van der Waals surface area contributed by atoms with Crippen molar-refractivity contribution in [3.8, 4) is 18.2 Å². The van der Waals surface area contributed by atoms with E-state index in [0.29, 0.717) is 17.5 Å². The highest BCUT2D eigenvalue weighted by molar-refractivity contribution is 6.07. The Morgan fingerprint density at radius 3 is 1.96 bits per heavy atom. The third kappa shape index (κ3) is 2.02. The maximum absolute atomic E-state index is 9.66. The van der Waals surface area contributed by atoms with Crippen molar-refractivity contribution in [2.24, 2.45) is 0 Å². The van der Waals surface area contributed by atoms with Crippen LogP contribution in [0.5, 0.6) is 0 Å². The summed E-state index contributed by atoms with van der Waals surface area (Å²) in [4.78, 5) is 0. The van der Waals surface area contributed by atoms with Gasteiger partial charge in [-0.05, 0) is 46.2 Å². The number of hydrogen-bond donors (Lipinski definition) is 0. The minimum absolute atomic E-state index is 0.196. The summed E-state index contributed by atoms with van der Waals surface area (Å²) in [5, 5.41) is 32.7. The van der Waals surface area contributed by atoms with Gasteiger partial charge in [0.2, 0.25) is 0 Å². The van der Waals surface area contributed by atoms with Gasteiger partial charge in [-0.2, -0.15) is 15.8 Å². The average Bonchev–Trinajstić information content (AvgIpc) is 2.63. The molecule has 114 valence electrons. The maximum atomic E-state index is 9.66. The van der Waals surface area contributed by atoms with Gasteiger partial charge < -0.3 is 0 Å². The maximum Gasteiger partial charge on any atom is 0.102 e. The van der Waals surface area contributed by atoms with E-state index in [9.17, 15) is 15.8 Å². The summed E-state index contributed by atoms with van der Waals surface area (Å²) in [5.74, 6) is 0. The second kappa shape index (κ2) is 6.04. The van der Waals surface area contributed by atoms with E-state index in [0.717, 1.165) is 39.1 Å². The zero-order valence-electron chi connectivity index (χ0n) is 13.6. The fourth-order valence-electron chi connectivity index (χ4n) is 3.57. The Balaban J connectivity index is 2.75. The van der Waals surface area contributed by atoms with Crippen molar-refractivity contribution in [1.82, 2.24) is 0 Å². The van der Waals surface area contributed by atoms with E-state index >= 15 is 0 Å². The molecule has 0 saturated heterocycles. The number of aryl methyl sites for hydroxylation is 2. The number of nitriles is 3. The molecule has 0 bridgehead atoms. The summed E-state index contributed by atoms with van der Waals surface area (Å²) in [5.41, 5.74) is 2.85. The fraction of sp³-hybridized carbons (Fsp3) is 0.190. The lowest BCUT2D eigenvalue weighted by molar-refractivity contribution is 1.12. The number of benzene rings is 3. The van der Waals surface area contributed by atoms with Gasteiger partial charge in [0.05, 0.1) is 16.7 Å². The lowest BCUT2D eigenvalue weighted by Crippen LogP contribution is -2.02. The van der Waals surface area contributed by atoms with Gasteiger partial charge in [-0.1, -0.05) is 38.1 Å².